The number of anilines is 2. The van der Waals surface area contributed by atoms with Crippen LogP contribution in [0.1, 0.15) is 44.4 Å². The van der Waals surface area contributed by atoms with E-state index in [4.69, 9.17) is 5.73 Å². The summed E-state index contributed by atoms with van der Waals surface area (Å²) in [5, 5.41) is 6.15. The van der Waals surface area contributed by atoms with Crippen molar-refractivity contribution >= 4 is 47.2 Å². The van der Waals surface area contributed by atoms with Crippen LogP contribution in [0.4, 0.5) is 11.4 Å². The second-order valence-electron chi connectivity index (χ2n) is 6.83. The second-order valence-corrected chi connectivity index (χ2v) is 6.83. The van der Waals surface area contributed by atoms with Gasteiger partial charge in [0.1, 0.15) is 0 Å². The van der Waals surface area contributed by atoms with Crippen molar-refractivity contribution in [1.82, 2.24) is 0 Å². The Morgan fingerprint density at radius 2 is 1.57 bits per heavy atom. The average Bonchev–Trinajstić information content (AvgIpc) is 2.67. The van der Waals surface area contributed by atoms with E-state index in [0.29, 0.717) is 12.5 Å². The van der Waals surface area contributed by atoms with Gasteiger partial charge >= 0.3 is 0 Å². The minimum Gasteiger partial charge on any atom is -0.370 e. The third-order valence-electron chi connectivity index (χ3n) is 4.43. The third-order valence-corrected chi connectivity index (χ3v) is 4.43. The number of aryl methyl sites for hydroxylation is 2. The van der Waals surface area contributed by atoms with Gasteiger partial charge in [-0.15, -0.1) is 24.0 Å². The number of hydrogen-bond donors (Lipinski definition) is 3. The number of hydrogen-bond acceptors (Lipinski definition) is 2. The van der Waals surface area contributed by atoms with E-state index in [1.807, 2.05) is 38.1 Å². The highest BCUT2D eigenvalue weighted by Crippen LogP contribution is 2.22. The Balaban J connectivity index is 0.00000392. The zero-order chi connectivity index (χ0) is 19.8. The first-order valence-corrected chi connectivity index (χ1v) is 9.52. The first kappa shape index (κ1) is 23.9. The van der Waals surface area contributed by atoms with E-state index in [-0.39, 0.29) is 35.8 Å². The van der Waals surface area contributed by atoms with Gasteiger partial charge in [0, 0.05) is 17.3 Å². The maximum absolute atomic E-state index is 11.7. The molecule has 2 aromatic rings. The fraction of sp³-hybridized carbons (Fsp3) is 0.364. The van der Waals surface area contributed by atoms with Crippen molar-refractivity contribution in [2.24, 2.45) is 16.6 Å². The molecule has 2 aromatic carbocycles. The minimum absolute atomic E-state index is 0. The fourth-order valence-corrected chi connectivity index (χ4v) is 2.73. The number of carbonyl (C=O) groups excluding carboxylic acids is 1. The van der Waals surface area contributed by atoms with Crippen LogP contribution in [-0.4, -0.2) is 11.9 Å². The number of guanidine groups is 1. The van der Waals surface area contributed by atoms with Crippen molar-refractivity contribution in [2.45, 2.75) is 47.1 Å². The predicted molar refractivity (Wildman–Crippen MR) is 129 cm³/mol. The summed E-state index contributed by atoms with van der Waals surface area (Å²) in [5.41, 5.74) is 11.5. The second kappa shape index (κ2) is 11.7. The Labute approximate surface area is 185 Å². The molecule has 0 atom stereocenters. The molecule has 4 N–H and O–H groups in total. The van der Waals surface area contributed by atoms with Crippen LogP contribution in [0.2, 0.25) is 0 Å². The molecule has 28 heavy (non-hydrogen) atoms. The van der Waals surface area contributed by atoms with Gasteiger partial charge in [-0.2, -0.15) is 0 Å². The molecule has 0 bridgehead atoms. The zero-order valence-electron chi connectivity index (χ0n) is 17.1. The molecule has 5 nitrogen and oxygen atoms in total. The molecule has 6 heteroatoms. The highest BCUT2D eigenvalue weighted by molar-refractivity contribution is 14.0. The van der Waals surface area contributed by atoms with Crippen molar-refractivity contribution in [3.63, 3.8) is 0 Å². The van der Waals surface area contributed by atoms with E-state index in [2.05, 4.69) is 47.7 Å². The molecule has 0 saturated carbocycles. The van der Waals surface area contributed by atoms with Crippen LogP contribution in [-0.2, 0) is 24.2 Å². The lowest BCUT2D eigenvalue weighted by Crippen LogP contribution is -2.24. The Morgan fingerprint density at radius 1 is 1.00 bits per heavy atom. The van der Waals surface area contributed by atoms with Crippen molar-refractivity contribution in [1.29, 1.82) is 0 Å². The van der Waals surface area contributed by atoms with Crippen LogP contribution < -0.4 is 16.4 Å². The summed E-state index contributed by atoms with van der Waals surface area (Å²) in [7, 11) is 0. The lowest BCUT2D eigenvalue weighted by atomic mass is 10.0. The Morgan fingerprint density at radius 3 is 2.07 bits per heavy atom. The van der Waals surface area contributed by atoms with Gasteiger partial charge in [-0.05, 0) is 41.7 Å². The summed E-state index contributed by atoms with van der Waals surface area (Å²) in [4.78, 5) is 16.2. The molecule has 0 fully saturated rings. The summed E-state index contributed by atoms with van der Waals surface area (Å²) in [5.74, 6) is 0.373. The maximum atomic E-state index is 11.7. The molecular formula is C22H31IN4O. The van der Waals surface area contributed by atoms with Crippen LogP contribution in [0.25, 0.3) is 0 Å². The van der Waals surface area contributed by atoms with E-state index >= 15 is 0 Å². The maximum Gasteiger partial charge on any atom is 0.226 e. The smallest absolute Gasteiger partial charge is 0.226 e. The minimum atomic E-state index is -0.0424. The zero-order valence-corrected chi connectivity index (χ0v) is 19.4. The number of halogens is 1. The van der Waals surface area contributed by atoms with Gasteiger partial charge in [0.15, 0.2) is 5.96 Å². The topological polar surface area (TPSA) is 79.5 Å². The SMILES string of the molecule is CCc1cccc(CC)c1NC(N)=NCc1ccc(NC(=O)C(C)C)cc1.I. The van der Waals surface area contributed by atoms with Crippen LogP contribution in [0.5, 0.6) is 0 Å². The molecule has 0 aromatic heterocycles. The molecule has 0 heterocycles. The van der Waals surface area contributed by atoms with Crippen LogP contribution in [0.15, 0.2) is 47.5 Å². The number of rotatable bonds is 7. The summed E-state index contributed by atoms with van der Waals surface area (Å²) < 4.78 is 0. The monoisotopic (exact) mass is 494 g/mol. The van der Waals surface area contributed by atoms with Gasteiger partial charge in [-0.25, -0.2) is 4.99 Å². The number of benzene rings is 2. The van der Waals surface area contributed by atoms with E-state index < -0.39 is 0 Å². The van der Waals surface area contributed by atoms with Crippen molar-refractivity contribution in [3.05, 3.63) is 59.2 Å². The summed E-state index contributed by atoms with van der Waals surface area (Å²) in [6, 6.07) is 14.0. The van der Waals surface area contributed by atoms with Gasteiger partial charge in [0.05, 0.1) is 6.54 Å². The number of nitrogens with one attached hydrogen (secondary N) is 2. The number of para-hydroxylation sites is 1. The normalized spacial score (nSPS) is 11.1. The number of carbonyl (C=O) groups is 1. The first-order chi connectivity index (χ1) is 12.9. The molecule has 0 spiro atoms. The number of aliphatic imine (C=N–C) groups is 1. The van der Waals surface area contributed by atoms with Crippen LogP contribution in [0.3, 0.4) is 0 Å². The van der Waals surface area contributed by atoms with Crippen LogP contribution in [0, 0.1) is 5.92 Å². The standard InChI is InChI=1S/C22H30N4O.HI/c1-5-17-8-7-9-18(6-2)20(17)26-22(23)24-14-16-10-12-19(13-11-16)25-21(27)15(3)4;/h7-13,15H,5-6,14H2,1-4H3,(H,25,27)(H3,23,24,26);1H. The van der Waals surface area contributed by atoms with Crippen molar-refractivity contribution < 1.29 is 4.79 Å². The van der Waals surface area contributed by atoms with Gasteiger partial charge in [-0.1, -0.05) is 58.0 Å². The number of amides is 1. The molecule has 2 rings (SSSR count). The van der Waals surface area contributed by atoms with Crippen molar-refractivity contribution in [3.8, 4) is 0 Å². The predicted octanol–water partition coefficient (Wildman–Crippen LogP) is 4.95. The first-order valence-electron chi connectivity index (χ1n) is 9.52. The molecule has 0 aliphatic heterocycles. The molecular weight excluding hydrogens is 463 g/mol. The Bertz CT molecular complexity index is 778. The van der Waals surface area contributed by atoms with Crippen LogP contribution >= 0.6 is 24.0 Å². The quantitative estimate of drug-likeness (QED) is 0.290. The fourth-order valence-electron chi connectivity index (χ4n) is 2.73. The molecule has 0 aliphatic carbocycles. The number of nitrogens with zero attached hydrogens (tertiary/aromatic N) is 1. The summed E-state index contributed by atoms with van der Waals surface area (Å²) >= 11 is 0. The van der Waals surface area contributed by atoms with Gasteiger partial charge in [0.2, 0.25) is 5.91 Å². The lowest BCUT2D eigenvalue weighted by Gasteiger charge is -2.15. The highest BCUT2D eigenvalue weighted by atomic mass is 127. The lowest BCUT2D eigenvalue weighted by molar-refractivity contribution is -0.118. The summed E-state index contributed by atoms with van der Waals surface area (Å²) in [6.45, 7) is 8.48. The summed E-state index contributed by atoms with van der Waals surface area (Å²) in [6.07, 6.45) is 1.88. The van der Waals surface area contributed by atoms with E-state index in [0.717, 1.165) is 29.8 Å². The average molecular weight is 494 g/mol. The molecule has 0 aliphatic rings. The van der Waals surface area contributed by atoms with E-state index in [9.17, 15) is 4.79 Å². The molecule has 0 radical (unpaired) electrons. The third kappa shape index (κ3) is 6.82. The van der Waals surface area contributed by atoms with E-state index in [1.165, 1.54) is 11.1 Å². The Kier molecular flexibility index (Phi) is 9.99. The van der Waals surface area contributed by atoms with Gasteiger partial charge in [0.25, 0.3) is 0 Å². The largest absolute Gasteiger partial charge is 0.370 e. The van der Waals surface area contributed by atoms with Crippen molar-refractivity contribution in [2.75, 3.05) is 10.6 Å². The molecule has 1 amide bonds. The van der Waals surface area contributed by atoms with Gasteiger partial charge < -0.3 is 16.4 Å². The van der Waals surface area contributed by atoms with E-state index in [1.54, 1.807) is 0 Å². The molecule has 0 saturated heterocycles. The molecule has 0 unspecified atom stereocenters. The number of nitrogens with two attached hydrogens (primary N) is 1. The van der Waals surface area contributed by atoms with Gasteiger partial charge in [-0.3, -0.25) is 4.79 Å². The molecule has 152 valence electrons. The highest BCUT2D eigenvalue weighted by Gasteiger charge is 2.08. The Hall–Kier alpha value is -2.09.